The van der Waals surface area contributed by atoms with Crippen LogP contribution in [0.1, 0.15) is 26.2 Å². The minimum absolute atomic E-state index is 0.647. The molecule has 0 aliphatic carbocycles. The standard InChI is InChI=1S/C10H23NO2S/c1-3-6-11-7-4-9-14(12)10-5-8-13-2/h11H,3-10H2,1-2H3. The first kappa shape index (κ1) is 14.1. The van der Waals surface area contributed by atoms with E-state index >= 15 is 0 Å². The summed E-state index contributed by atoms with van der Waals surface area (Å²) in [5.41, 5.74) is 0. The second kappa shape index (κ2) is 11.1. The van der Waals surface area contributed by atoms with Gasteiger partial charge in [0.2, 0.25) is 0 Å². The Kier molecular flexibility index (Phi) is 11.2. The van der Waals surface area contributed by atoms with Crippen molar-refractivity contribution in [3.8, 4) is 0 Å². The van der Waals surface area contributed by atoms with Gasteiger partial charge in [-0.1, -0.05) is 6.92 Å². The zero-order valence-corrected chi connectivity index (χ0v) is 10.2. The summed E-state index contributed by atoms with van der Waals surface area (Å²) in [5.74, 6) is 1.60. The molecule has 0 aromatic heterocycles. The molecule has 0 radical (unpaired) electrons. The van der Waals surface area contributed by atoms with E-state index in [4.69, 9.17) is 4.74 Å². The Balaban J connectivity index is 3.10. The van der Waals surface area contributed by atoms with E-state index in [1.165, 1.54) is 0 Å². The van der Waals surface area contributed by atoms with Gasteiger partial charge < -0.3 is 10.1 Å². The summed E-state index contributed by atoms with van der Waals surface area (Å²) >= 11 is 0. The topological polar surface area (TPSA) is 38.3 Å². The molecule has 0 saturated carbocycles. The van der Waals surface area contributed by atoms with Crippen molar-refractivity contribution in [1.82, 2.24) is 5.32 Å². The van der Waals surface area contributed by atoms with Crippen LogP contribution in [0.4, 0.5) is 0 Å². The normalized spacial score (nSPS) is 13.0. The van der Waals surface area contributed by atoms with E-state index in [9.17, 15) is 4.21 Å². The maximum Gasteiger partial charge on any atom is 0.0471 e. The minimum atomic E-state index is -0.647. The average molecular weight is 221 g/mol. The molecule has 1 atom stereocenters. The van der Waals surface area contributed by atoms with E-state index in [2.05, 4.69) is 12.2 Å². The first-order valence-electron chi connectivity index (χ1n) is 5.36. The van der Waals surface area contributed by atoms with E-state index in [0.717, 1.165) is 50.5 Å². The molecule has 0 heterocycles. The molecule has 0 fully saturated rings. The van der Waals surface area contributed by atoms with Gasteiger partial charge in [0, 0.05) is 36.0 Å². The second-order valence-electron chi connectivity index (χ2n) is 3.30. The molecule has 0 aliphatic heterocycles. The zero-order chi connectivity index (χ0) is 10.6. The Morgan fingerprint density at radius 2 is 1.93 bits per heavy atom. The summed E-state index contributed by atoms with van der Waals surface area (Å²) in [6, 6.07) is 0. The van der Waals surface area contributed by atoms with E-state index in [1.807, 2.05) is 0 Å². The van der Waals surface area contributed by atoms with Gasteiger partial charge in [-0.15, -0.1) is 0 Å². The summed E-state index contributed by atoms with van der Waals surface area (Å²) in [6.07, 6.45) is 3.09. The Hall–Kier alpha value is 0.0700. The fourth-order valence-corrected chi connectivity index (χ4v) is 2.24. The Morgan fingerprint density at radius 3 is 2.57 bits per heavy atom. The lowest BCUT2D eigenvalue weighted by atomic mass is 10.4. The summed E-state index contributed by atoms with van der Waals surface area (Å²) in [5, 5.41) is 3.30. The lowest BCUT2D eigenvalue weighted by Gasteiger charge is -2.03. The van der Waals surface area contributed by atoms with E-state index in [-0.39, 0.29) is 0 Å². The van der Waals surface area contributed by atoms with Crippen LogP contribution in [0.2, 0.25) is 0 Å². The Morgan fingerprint density at radius 1 is 1.21 bits per heavy atom. The molecular weight excluding hydrogens is 198 g/mol. The number of methoxy groups -OCH3 is 1. The molecule has 1 unspecified atom stereocenters. The zero-order valence-electron chi connectivity index (χ0n) is 9.38. The summed E-state index contributed by atoms with van der Waals surface area (Å²) in [4.78, 5) is 0. The van der Waals surface area contributed by atoms with E-state index in [0.29, 0.717) is 0 Å². The molecule has 0 rings (SSSR count). The number of hydrogen-bond acceptors (Lipinski definition) is 3. The molecule has 4 heteroatoms. The van der Waals surface area contributed by atoms with Crippen LogP contribution in [0, 0.1) is 0 Å². The molecule has 0 aromatic carbocycles. The number of nitrogens with one attached hydrogen (secondary N) is 1. The Labute approximate surface area is 90.1 Å². The van der Waals surface area contributed by atoms with Crippen LogP contribution in [0.5, 0.6) is 0 Å². The largest absolute Gasteiger partial charge is 0.385 e. The lowest BCUT2D eigenvalue weighted by molar-refractivity contribution is 0.200. The third-order valence-electron chi connectivity index (χ3n) is 1.87. The first-order valence-corrected chi connectivity index (χ1v) is 6.84. The predicted molar refractivity (Wildman–Crippen MR) is 62.1 cm³/mol. The smallest absolute Gasteiger partial charge is 0.0471 e. The van der Waals surface area contributed by atoms with Gasteiger partial charge >= 0.3 is 0 Å². The minimum Gasteiger partial charge on any atom is -0.385 e. The van der Waals surface area contributed by atoms with Crippen LogP contribution in [0.3, 0.4) is 0 Å². The van der Waals surface area contributed by atoms with Crippen LogP contribution in [-0.4, -0.2) is 42.5 Å². The highest BCUT2D eigenvalue weighted by molar-refractivity contribution is 7.84. The molecule has 1 N–H and O–H groups in total. The van der Waals surface area contributed by atoms with Crippen molar-refractivity contribution >= 4 is 10.8 Å². The van der Waals surface area contributed by atoms with Crippen LogP contribution in [-0.2, 0) is 15.5 Å². The molecule has 0 spiro atoms. The molecule has 86 valence electrons. The molecule has 0 aromatic rings. The predicted octanol–water partition coefficient (Wildman–Crippen LogP) is 1.16. The van der Waals surface area contributed by atoms with Gasteiger partial charge in [-0.25, -0.2) is 0 Å². The van der Waals surface area contributed by atoms with Crippen LogP contribution < -0.4 is 5.32 Å². The molecular formula is C10H23NO2S. The fourth-order valence-electron chi connectivity index (χ4n) is 1.13. The summed E-state index contributed by atoms with van der Waals surface area (Å²) in [7, 11) is 1.03. The van der Waals surface area contributed by atoms with Crippen LogP contribution in [0.15, 0.2) is 0 Å². The molecule has 14 heavy (non-hydrogen) atoms. The highest BCUT2D eigenvalue weighted by Gasteiger charge is 1.98. The molecule has 0 bridgehead atoms. The third-order valence-corrected chi connectivity index (χ3v) is 3.36. The van der Waals surface area contributed by atoms with Gasteiger partial charge in [0.25, 0.3) is 0 Å². The first-order chi connectivity index (χ1) is 6.81. The SMILES string of the molecule is CCCNCCCS(=O)CCCOC. The van der Waals surface area contributed by atoms with Gasteiger partial charge in [-0.05, 0) is 32.4 Å². The van der Waals surface area contributed by atoms with Crippen LogP contribution in [0.25, 0.3) is 0 Å². The number of hydrogen-bond donors (Lipinski definition) is 1. The highest BCUT2D eigenvalue weighted by Crippen LogP contribution is 1.91. The maximum atomic E-state index is 11.4. The number of ether oxygens (including phenoxy) is 1. The van der Waals surface area contributed by atoms with Gasteiger partial charge in [0.05, 0.1) is 0 Å². The lowest BCUT2D eigenvalue weighted by Crippen LogP contribution is -2.18. The van der Waals surface area contributed by atoms with Crippen molar-refractivity contribution in [3.63, 3.8) is 0 Å². The Bertz CT molecular complexity index is 142. The van der Waals surface area contributed by atoms with Gasteiger partial charge in [0.15, 0.2) is 0 Å². The van der Waals surface area contributed by atoms with Crippen molar-refractivity contribution in [3.05, 3.63) is 0 Å². The average Bonchev–Trinajstić information content (AvgIpc) is 2.18. The maximum absolute atomic E-state index is 11.4. The van der Waals surface area contributed by atoms with Crippen molar-refractivity contribution in [2.24, 2.45) is 0 Å². The molecule has 0 aliphatic rings. The quantitative estimate of drug-likeness (QED) is 0.563. The molecule has 3 nitrogen and oxygen atoms in total. The van der Waals surface area contributed by atoms with Crippen molar-refractivity contribution in [1.29, 1.82) is 0 Å². The van der Waals surface area contributed by atoms with Gasteiger partial charge in [-0.3, -0.25) is 4.21 Å². The fraction of sp³-hybridized carbons (Fsp3) is 1.00. The van der Waals surface area contributed by atoms with E-state index in [1.54, 1.807) is 7.11 Å². The van der Waals surface area contributed by atoms with Crippen molar-refractivity contribution in [2.75, 3.05) is 38.3 Å². The van der Waals surface area contributed by atoms with Gasteiger partial charge in [-0.2, -0.15) is 0 Å². The molecule has 0 saturated heterocycles. The molecule has 0 amide bonds. The summed E-state index contributed by atoms with van der Waals surface area (Å²) < 4.78 is 16.3. The highest BCUT2D eigenvalue weighted by atomic mass is 32.2. The number of rotatable bonds is 10. The third kappa shape index (κ3) is 10.2. The second-order valence-corrected chi connectivity index (χ2v) is 4.99. The van der Waals surface area contributed by atoms with Crippen LogP contribution >= 0.6 is 0 Å². The van der Waals surface area contributed by atoms with Crippen molar-refractivity contribution in [2.45, 2.75) is 26.2 Å². The van der Waals surface area contributed by atoms with Gasteiger partial charge in [0.1, 0.15) is 0 Å². The van der Waals surface area contributed by atoms with Crippen molar-refractivity contribution < 1.29 is 8.95 Å². The monoisotopic (exact) mass is 221 g/mol. The summed E-state index contributed by atoms with van der Waals surface area (Å²) in [6.45, 7) is 4.93. The van der Waals surface area contributed by atoms with E-state index < -0.39 is 10.8 Å².